The SMILES string of the molecule is COc1cccc([C@H]2CNC[C@H](C)O2)c1. The van der Waals surface area contributed by atoms with Gasteiger partial charge >= 0.3 is 0 Å². The molecule has 0 unspecified atom stereocenters. The van der Waals surface area contributed by atoms with E-state index in [1.165, 1.54) is 5.56 Å². The van der Waals surface area contributed by atoms with Crippen LogP contribution in [0, 0.1) is 0 Å². The quantitative estimate of drug-likeness (QED) is 0.801. The average molecular weight is 207 g/mol. The highest BCUT2D eigenvalue weighted by Gasteiger charge is 2.20. The van der Waals surface area contributed by atoms with E-state index in [2.05, 4.69) is 18.3 Å². The first-order chi connectivity index (χ1) is 7.29. The fourth-order valence-corrected chi connectivity index (χ4v) is 1.83. The molecule has 0 radical (unpaired) electrons. The molecule has 1 N–H and O–H groups in total. The predicted molar refractivity (Wildman–Crippen MR) is 59.2 cm³/mol. The highest BCUT2D eigenvalue weighted by Crippen LogP contribution is 2.24. The van der Waals surface area contributed by atoms with Gasteiger partial charge in [-0.15, -0.1) is 0 Å². The Labute approximate surface area is 90.4 Å². The summed E-state index contributed by atoms with van der Waals surface area (Å²) in [5.41, 5.74) is 1.17. The van der Waals surface area contributed by atoms with E-state index < -0.39 is 0 Å². The van der Waals surface area contributed by atoms with Gasteiger partial charge in [0.05, 0.1) is 19.3 Å². The molecule has 0 aliphatic carbocycles. The predicted octanol–water partition coefficient (Wildman–Crippen LogP) is 1.74. The first-order valence-corrected chi connectivity index (χ1v) is 5.29. The molecule has 2 atom stereocenters. The fraction of sp³-hybridized carbons (Fsp3) is 0.500. The summed E-state index contributed by atoms with van der Waals surface area (Å²) in [7, 11) is 1.68. The maximum Gasteiger partial charge on any atom is 0.119 e. The number of methoxy groups -OCH3 is 1. The zero-order valence-electron chi connectivity index (χ0n) is 9.19. The highest BCUT2D eigenvalue weighted by atomic mass is 16.5. The lowest BCUT2D eigenvalue weighted by Gasteiger charge is -2.29. The number of benzene rings is 1. The lowest BCUT2D eigenvalue weighted by Crippen LogP contribution is -2.38. The maximum absolute atomic E-state index is 5.85. The molecule has 15 heavy (non-hydrogen) atoms. The summed E-state index contributed by atoms with van der Waals surface area (Å²) < 4.78 is 11.1. The molecule has 1 saturated heterocycles. The van der Waals surface area contributed by atoms with E-state index in [0.29, 0.717) is 0 Å². The number of hydrogen-bond donors (Lipinski definition) is 1. The largest absolute Gasteiger partial charge is 0.497 e. The van der Waals surface area contributed by atoms with Crippen molar-refractivity contribution < 1.29 is 9.47 Å². The summed E-state index contributed by atoms with van der Waals surface area (Å²) >= 11 is 0. The van der Waals surface area contributed by atoms with Crippen molar-refractivity contribution >= 4 is 0 Å². The van der Waals surface area contributed by atoms with Crippen LogP contribution in [0.2, 0.25) is 0 Å². The zero-order valence-corrected chi connectivity index (χ0v) is 9.19. The third kappa shape index (κ3) is 2.49. The summed E-state index contributed by atoms with van der Waals surface area (Å²) in [4.78, 5) is 0. The zero-order chi connectivity index (χ0) is 10.7. The normalized spacial score (nSPS) is 26.3. The van der Waals surface area contributed by atoms with Crippen LogP contribution in [-0.4, -0.2) is 26.3 Å². The van der Waals surface area contributed by atoms with Crippen molar-refractivity contribution in [2.24, 2.45) is 0 Å². The molecular formula is C12H17NO2. The van der Waals surface area contributed by atoms with Crippen LogP contribution in [0.4, 0.5) is 0 Å². The van der Waals surface area contributed by atoms with Crippen LogP contribution in [0.5, 0.6) is 5.75 Å². The molecule has 1 aliphatic heterocycles. The molecule has 0 bridgehead atoms. The van der Waals surface area contributed by atoms with Gasteiger partial charge < -0.3 is 14.8 Å². The summed E-state index contributed by atoms with van der Waals surface area (Å²) in [6.45, 7) is 3.89. The molecule has 82 valence electrons. The van der Waals surface area contributed by atoms with Gasteiger partial charge in [-0.2, -0.15) is 0 Å². The first kappa shape index (κ1) is 10.5. The molecule has 1 aromatic rings. The van der Waals surface area contributed by atoms with Gasteiger partial charge in [-0.1, -0.05) is 12.1 Å². The van der Waals surface area contributed by atoms with Gasteiger partial charge in [0.15, 0.2) is 0 Å². The Morgan fingerprint density at radius 2 is 2.27 bits per heavy atom. The molecule has 1 fully saturated rings. The standard InChI is InChI=1S/C12H17NO2/c1-9-7-13-8-12(15-9)10-4-3-5-11(6-10)14-2/h3-6,9,12-13H,7-8H2,1-2H3/t9-,12+/m0/s1. The Morgan fingerprint density at radius 1 is 1.40 bits per heavy atom. The summed E-state index contributed by atoms with van der Waals surface area (Å²) in [6, 6.07) is 8.05. The van der Waals surface area contributed by atoms with Gasteiger partial charge in [0.2, 0.25) is 0 Å². The topological polar surface area (TPSA) is 30.5 Å². The minimum absolute atomic E-state index is 0.142. The number of nitrogens with one attached hydrogen (secondary N) is 1. The second-order valence-electron chi connectivity index (χ2n) is 3.87. The molecule has 1 aromatic carbocycles. The van der Waals surface area contributed by atoms with Gasteiger partial charge in [-0.3, -0.25) is 0 Å². The van der Waals surface area contributed by atoms with Crippen molar-refractivity contribution in [3.05, 3.63) is 29.8 Å². The molecule has 0 amide bonds. The van der Waals surface area contributed by atoms with Crippen LogP contribution in [0.3, 0.4) is 0 Å². The van der Waals surface area contributed by atoms with Gasteiger partial charge in [-0.25, -0.2) is 0 Å². The minimum Gasteiger partial charge on any atom is -0.497 e. The van der Waals surface area contributed by atoms with E-state index in [1.807, 2.05) is 18.2 Å². The number of morpholine rings is 1. The van der Waals surface area contributed by atoms with E-state index in [9.17, 15) is 0 Å². The Balaban J connectivity index is 2.13. The maximum atomic E-state index is 5.85. The summed E-state index contributed by atoms with van der Waals surface area (Å²) in [5, 5.41) is 3.35. The van der Waals surface area contributed by atoms with Crippen LogP contribution < -0.4 is 10.1 Å². The van der Waals surface area contributed by atoms with E-state index in [0.717, 1.165) is 18.8 Å². The Bertz CT molecular complexity index is 327. The van der Waals surface area contributed by atoms with Crippen LogP contribution in [-0.2, 0) is 4.74 Å². The molecule has 0 saturated carbocycles. The summed E-state index contributed by atoms with van der Waals surface area (Å²) in [5.74, 6) is 0.884. The van der Waals surface area contributed by atoms with Gasteiger partial charge in [0.1, 0.15) is 5.75 Å². The second kappa shape index (κ2) is 4.64. The van der Waals surface area contributed by atoms with Crippen molar-refractivity contribution in [3.8, 4) is 5.75 Å². The third-order valence-electron chi connectivity index (χ3n) is 2.62. The van der Waals surface area contributed by atoms with Gasteiger partial charge in [0.25, 0.3) is 0 Å². The number of ether oxygens (including phenoxy) is 2. The average Bonchev–Trinajstić information content (AvgIpc) is 2.29. The number of hydrogen-bond acceptors (Lipinski definition) is 3. The lowest BCUT2D eigenvalue weighted by molar-refractivity contribution is -0.0287. The molecule has 1 heterocycles. The van der Waals surface area contributed by atoms with Crippen LogP contribution in [0.15, 0.2) is 24.3 Å². The Kier molecular flexibility index (Phi) is 3.23. The van der Waals surface area contributed by atoms with Crippen molar-refractivity contribution in [1.82, 2.24) is 5.32 Å². The van der Waals surface area contributed by atoms with Crippen LogP contribution in [0.1, 0.15) is 18.6 Å². The van der Waals surface area contributed by atoms with Crippen molar-refractivity contribution in [1.29, 1.82) is 0 Å². The fourth-order valence-electron chi connectivity index (χ4n) is 1.83. The molecular weight excluding hydrogens is 190 g/mol. The van der Waals surface area contributed by atoms with E-state index in [-0.39, 0.29) is 12.2 Å². The monoisotopic (exact) mass is 207 g/mol. The number of rotatable bonds is 2. The van der Waals surface area contributed by atoms with Crippen molar-refractivity contribution in [2.75, 3.05) is 20.2 Å². The Morgan fingerprint density at radius 3 is 3.00 bits per heavy atom. The van der Waals surface area contributed by atoms with Crippen LogP contribution >= 0.6 is 0 Å². The van der Waals surface area contributed by atoms with Gasteiger partial charge in [0, 0.05) is 13.1 Å². The smallest absolute Gasteiger partial charge is 0.119 e. The molecule has 2 rings (SSSR count). The summed E-state index contributed by atoms with van der Waals surface area (Å²) in [6.07, 6.45) is 0.416. The molecule has 0 aromatic heterocycles. The highest BCUT2D eigenvalue weighted by molar-refractivity contribution is 5.30. The minimum atomic E-state index is 0.142. The second-order valence-corrected chi connectivity index (χ2v) is 3.87. The van der Waals surface area contributed by atoms with Crippen LogP contribution in [0.25, 0.3) is 0 Å². The molecule has 3 nitrogen and oxygen atoms in total. The third-order valence-corrected chi connectivity index (χ3v) is 2.62. The van der Waals surface area contributed by atoms with Crippen molar-refractivity contribution in [2.45, 2.75) is 19.1 Å². The van der Waals surface area contributed by atoms with E-state index in [4.69, 9.17) is 9.47 Å². The molecule has 3 heteroatoms. The van der Waals surface area contributed by atoms with Gasteiger partial charge in [-0.05, 0) is 24.6 Å². The van der Waals surface area contributed by atoms with E-state index >= 15 is 0 Å². The van der Waals surface area contributed by atoms with E-state index in [1.54, 1.807) is 7.11 Å². The molecule has 1 aliphatic rings. The van der Waals surface area contributed by atoms with Crippen molar-refractivity contribution in [3.63, 3.8) is 0 Å². The first-order valence-electron chi connectivity index (χ1n) is 5.29. The Hall–Kier alpha value is -1.06. The lowest BCUT2D eigenvalue weighted by atomic mass is 10.1. The molecule has 0 spiro atoms.